The molecule has 0 saturated carbocycles. The van der Waals surface area contributed by atoms with Gasteiger partial charge in [-0.25, -0.2) is 9.78 Å². The molecule has 0 aliphatic carbocycles. The number of rotatable bonds is 2. The summed E-state index contributed by atoms with van der Waals surface area (Å²) in [5, 5.41) is 8.83. The minimum atomic E-state index is -1.07. The normalized spacial score (nSPS) is 18.8. The molecule has 1 N–H and O–H groups in total. The van der Waals surface area contributed by atoms with Crippen LogP contribution in [0.2, 0.25) is 0 Å². The highest BCUT2D eigenvalue weighted by Crippen LogP contribution is 2.29. The van der Waals surface area contributed by atoms with Crippen LogP contribution in [0.4, 0.5) is 5.82 Å². The van der Waals surface area contributed by atoms with Crippen LogP contribution < -0.4 is 4.90 Å². The van der Waals surface area contributed by atoms with Crippen LogP contribution in [0.3, 0.4) is 0 Å². The van der Waals surface area contributed by atoms with E-state index in [2.05, 4.69) is 26.8 Å². The van der Waals surface area contributed by atoms with Gasteiger partial charge in [-0.15, -0.1) is 12.3 Å². The Kier molecular flexibility index (Phi) is 3.34. The summed E-state index contributed by atoms with van der Waals surface area (Å²) in [6, 6.07) is 1.42. The second-order valence-electron chi connectivity index (χ2n) is 3.91. The fraction of sp³-hybridized carbons (Fsp3) is 0.250. The van der Waals surface area contributed by atoms with Crippen molar-refractivity contribution in [2.75, 3.05) is 11.4 Å². The predicted molar refractivity (Wildman–Crippen MR) is 68.2 cm³/mol. The minimum Gasteiger partial charge on any atom is -0.478 e. The van der Waals surface area contributed by atoms with E-state index in [1.165, 1.54) is 17.2 Å². The second kappa shape index (κ2) is 4.78. The van der Waals surface area contributed by atoms with E-state index in [9.17, 15) is 9.59 Å². The number of halogens is 1. The number of hydrogen-bond acceptors (Lipinski definition) is 3. The number of aromatic carboxylic acids is 1. The van der Waals surface area contributed by atoms with Crippen molar-refractivity contribution >= 4 is 33.6 Å². The molecule has 5 nitrogen and oxygen atoms in total. The molecule has 0 spiro atoms. The summed E-state index contributed by atoms with van der Waals surface area (Å²) in [6.07, 6.45) is 6.82. The molecule has 1 saturated heterocycles. The Labute approximate surface area is 112 Å². The van der Waals surface area contributed by atoms with E-state index in [4.69, 9.17) is 11.5 Å². The molecule has 2 rings (SSSR count). The van der Waals surface area contributed by atoms with Crippen molar-refractivity contribution in [3.05, 3.63) is 22.3 Å². The highest BCUT2D eigenvalue weighted by molar-refractivity contribution is 9.10. The Bertz CT molecular complexity index is 565. The zero-order chi connectivity index (χ0) is 13.3. The molecule has 1 amide bonds. The number of amides is 1. The van der Waals surface area contributed by atoms with E-state index in [1.807, 2.05) is 0 Å². The topological polar surface area (TPSA) is 70.5 Å². The van der Waals surface area contributed by atoms with Crippen LogP contribution in [0.1, 0.15) is 16.8 Å². The van der Waals surface area contributed by atoms with Crippen LogP contribution in [0.5, 0.6) is 0 Å². The standard InChI is InChI=1S/C12H9BrN2O3/c1-2-7-3-10(16)15(6-7)11-9(13)4-8(5-14-11)12(17)18/h1,4-5,7H,3,6H2,(H,17,18). The van der Waals surface area contributed by atoms with Crippen molar-refractivity contribution in [1.29, 1.82) is 0 Å². The summed E-state index contributed by atoms with van der Waals surface area (Å²) < 4.78 is 0.466. The predicted octanol–water partition coefficient (Wildman–Crippen LogP) is 1.53. The summed E-state index contributed by atoms with van der Waals surface area (Å²) in [5.41, 5.74) is 0.0609. The molecule has 0 aromatic carbocycles. The van der Waals surface area contributed by atoms with Gasteiger partial charge in [0.05, 0.1) is 10.0 Å². The summed E-state index contributed by atoms with van der Waals surface area (Å²) in [7, 11) is 0. The highest BCUT2D eigenvalue weighted by atomic mass is 79.9. The maximum Gasteiger partial charge on any atom is 0.337 e. The molecule has 1 atom stereocenters. The molecule has 1 fully saturated rings. The lowest BCUT2D eigenvalue weighted by Crippen LogP contribution is -2.26. The lowest BCUT2D eigenvalue weighted by Gasteiger charge is -2.16. The monoisotopic (exact) mass is 308 g/mol. The van der Waals surface area contributed by atoms with Crippen molar-refractivity contribution < 1.29 is 14.7 Å². The van der Waals surface area contributed by atoms with Crippen molar-refractivity contribution in [3.63, 3.8) is 0 Å². The smallest absolute Gasteiger partial charge is 0.337 e. The summed E-state index contributed by atoms with van der Waals surface area (Å²) in [5.74, 6) is 1.66. The van der Waals surface area contributed by atoms with Gasteiger partial charge in [0, 0.05) is 25.1 Å². The zero-order valence-electron chi connectivity index (χ0n) is 9.26. The molecule has 1 aromatic rings. The van der Waals surface area contributed by atoms with Crippen molar-refractivity contribution in [2.45, 2.75) is 6.42 Å². The number of carbonyl (C=O) groups excluding carboxylic acids is 1. The van der Waals surface area contributed by atoms with Crippen molar-refractivity contribution in [3.8, 4) is 12.3 Å². The number of pyridine rings is 1. The average Bonchev–Trinajstić information content (AvgIpc) is 2.70. The van der Waals surface area contributed by atoms with Crippen LogP contribution in [-0.2, 0) is 4.79 Å². The van der Waals surface area contributed by atoms with Gasteiger partial charge in [-0.2, -0.15) is 0 Å². The van der Waals surface area contributed by atoms with Gasteiger partial charge >= 0.3 is 5.97 Å². The lowest BCUT2D eigenvalue weighted by molar-refractivity contribution is -0.117. The number of nitrogens with zero attached hydrogens (tertiary/aromatic N) is 2. The zero-order valence-corrected chi connectivity index (χ0v) is 10.8. The van der Waals surface area contributed by atoms with Crippen LogP contribution >= 0.6 is 15.9 Å². The van der Waals surface area contributed by atoms with Gasteiger partial charge in [-0.05, 0) is 22.0 Å². The van der Waals surface area contributed by atoms with Crippen molar-refractivity contribution in [2.24, 2.45) is 5.92 Å². The van der Waals surface area contributed by atoms with Gasteiger partial charge < -0.3 is 5.11 Å². The molecule has 6 heteroatoms. The number of carboxylic acid groups (broad SMARTS) is 1. The van der Waals surface area contributed by atoms with Gasteiger partial charge in [0.25, 0.3) is 0 Å². The van der Waals surface area contributed by atoms with E-state index in [1.54, 1.807) is 0 Å². The first-order chi connectivity index (χ1) is 8.52. The third-order valence-electron chi connectivity index (χ3n) is 2.69. The van der Waals surface area contributed by atoms with Gasteiger partial charge in [-0.3, -0.25) is 9.69 Å². The largest absolute Gasteiger partial charge is 0.478 e. The lowest BCUT2D eigenvalue weighted by atomic mass is 10.1. The molecular formula is C12H9BrN2O3. The molecule has 1 aliphatic rings. The summed E-state index contributed by atoms with van der Waals surface area (Å²) in [4.78, 5) is 28.0. The summed E-state index contributed by atoms with van der Waals surface area (Å²) >= 11 is 3.22. The van der Waals surface area contributed by atoms with Crippen LogP contribution in [0, 0.1) is 18.3 Å². The van der Waals surface area contributed by atoms with Gasteiger partial charge in [-0.1, -0.05) is 0 Å². The first kappa shape index (κ1) is 12.6. The Hall–Kier alpha value is -1.87. The van der Waals surface area contributed by atoms with E-state index in [0.29, 0.717) is 23.3 Å². The average molecular weight is 309 g/mol. The third kappa shape index (κ3) is 2.22. The molecule has 92 valence electrons. The van der Waals surface area contributed by atoms with Crippen molar-refractivity contribution in [1.82, 2.24) is 4.98 Å². The molecule has 1 unspecified atom stereocenters. The molecule has 0 bridgehead atoms. The van der Waals surface area contributed by atoms with Crippen LogP contribution in [0.25, 0.3) is 0 Å². The molecule has 18 heavy (non-hydrogen) atoms. The minimum absolute atomic E-state index is 0.0609. The number of terminal acetylenes is 1. The van der Waals surface area contributed by atoms with E-state index < -0.39 is 5.97 Å². The number of carbonyl (C=O) groups is 2. The molecule has 1 aromatic heterocycles. The number of hydrogen-bond donors (Lipinski definition) is 1. The highest BCUT2D eigenvalue weighted by Gasteiger charge is 2.31. The van der Waals surface area contributed by atoms with E-state index in [-0.39, 0.29) is 17.4 Å². The van der Waals surface area contributed by atoms with Crippen LogP contribution in [-0.4, -0.2) is 28.5 Å². The van der Waals surface area contributed by atoms with E-state index in [0.717, 1.165) is 0 Å². The van der Waals surface area contributed by atoms with Gasteiger partial charge in [0.15, 0.2) is 0 Å². The SMILES string of the molecule is C#CC1CC(=O)N(c2ncc(C(=O)O)cc2Br)C1. The first-order valence-corrected chi connectivity index (χ1v) is 5.97. The third-order valence-corrected chi connectivity index (χ3v) is 3.27. The first-order valence-electron chi connectivity index (χ1n) is 5.18. The fourth-order valence-electron chi connectivity index (χ4n) is 1.77. The number of aromatic nitrogens is 1. The molecule has 2 heterocycles. The Balaban J connectivity index is 2.33. The van der Waals surface area contributed by atoms with Gasteiger partial charge in [0.2, 0.25) is 5.91 Å². The quantitative estimate of drug-likeness (QED) is 0.841. The Morgan fingerprint density at radius 1 is 1.67 bits per heavy atom. The van der Waals surface area contributed by atoms with E-state index >= 15 is 0 Å². The second-order valence-corrected chi connectivity index (χ2v) is 4.76. The van der Waals surface area contributed by atoms with Gasteiger partial charge in [0.1, 0.15) is 5.82 Å². The Morgan fingerprint density at radius 2 is 2.39 bits per heavy atom. The molecule has 1 aliphatic heterocycles. The summed E-state index contributed by atoms with van der Waals surface area (Å²) in [6.45, 7) is 0.410. The number of carboxylic acids is 1. The van der Waals surface area contributed by atoms with Crippen LogP contribution in [0.15, 0.2) is 16.7 Å². The molecule has 0 radical (unpaired) electrons. The fourth-order valence-corrected chi connectivity index (χ4v) is 2.33. The maximum absolute atomic E-state index is 11.8. The Morgan fingerprint density at radius 3 is 2.89 bits per heavy atom. The number of anilines is 1. The maximum atomic E-state index is 11.8. The molecular weight excluding hydrogens is 300 g/mol.